The van der Waals surface area contributed by atoms with E-state index in [1.54, 1.807) is 0 Å². The van der Waals surface area contributed by atoms with Gasteiger partial charge < -0.3 is 35.2 Å². The Kier molecular flexibility index (Phi) is 34.5. The lowest BCUT2D eigenvalue weighted by atomic mass is 9.99. The van der Waals surface area contributed by atoms with Crippen molar-refractivity contribution >= 4 is 16.3 Å². The van der Waals surface area contributed by atoms with Crippen molar-refractivity contribution in [1.29, 1.82) is 0 Å². The summed E-state index contributed by atoms with van der Waals surface area (Å²) >= 11 is 0. The van der Waals surface area contributed by atoms with Crippen molar-refractivity contribution in [1.82, 2.24) is 5.32 Å². The topological polar surface area (TPSA) is 192 Å². The van der Waals surface area contributed by atoms with E-state index in [1.807, 2.05) is 0 Å². The van der Waals surface area contributed by atoms with Crippen LogP contribution in [0.1, 0.15) is 213 Å². The quantitative estimate of drug-likeness (QED) is 0.0196. The van der Waals surface area contributed by atoms with Crippen molar-refractivity contribution in [3.63, 3.8) is 0 Å². The van der Waals surface area contributed by atoms with Crippen LogP contribution < -0.4 is 5.32 Å². The number of allylic oxidation sites excluding steroid dienone is 2. The number of aliphatic hydroxyl groups is 4. The maximum Gasteiger partial charge on any atom is 0.397 e. The van der Waals surface area contributed by atoms with Gasteiger partial charge in [-0.25, -0.2) is 4.18 Å². The van der Waals surface area contributed by atoms with Gasteiger partial charge in [0, 0.05) is 6.42 Å². The summed E-state index contributed by atoms with van der Waals surface area (Å²) < 4.78 is 47.6. The number of amides is 1. The molecule has 13 heteroatoms. The Morgan fingerprint density at radius 1 is 0.672 bits per heavy atom. The van der Waals surface area contributed by atoms with Gasteiger partial charge in [0.15, 0.2) is 6.29 Å². The molecule has 1 heterocycles. The third kappa shape index (κ3) is 29.2. The van der Waals surface area contributed by atoms with Crippen molar-refractivity contribution in [2.45, 2.75) is 256 Å². The molecule has 7 unspecified atom stereocenters. The number of unbranched alkanes of at least 4 members (excludes halogenated alkanes) is 26. The fourth-order valence-corrected chi connectivity index (χ4v) is 8.14. The lowest BCUT2D eigenvalue weighted by molar-refractivity contribution is -0.298. The van der Waals surface area contributed by atoms with Crippen LogP contribution in [0.15, 0.2) is 12.2 Å². The molecule has 0 aliphatic carbocycles. The van der Waals surface area contributed by atoms with Crippen LogP contribution in [0, 0.1) is 0 Å². The van der Waals surface area contributed by atoms with E-state index >= 15 is 0 Å². The second kappa shape index (κ2) is 36.5. The molecule has 58 heavy (non-hydrogen) atoms. The summed E-state index contributed by atoms with van der Waals surface area (Å²) in [5, 5.41) is 44.8. The van der Waals surface area contributed by atoms with Crippen LogP contribution in [-0.4, -0.2) is 95.4 Å². The Hall–Kier alpha value is -1.16. The molecule has 0 radical (unpaired) electrons. The number of carbonyl (C=O) groups excluding carboxylic acids is 1. The first-order valence-corrected chi connectivity index (χ1v) is 24.9. The molecular weight excluding hydrogens is 763 g/mol. The van der Waals surface area contributed by atoms with Crippen molar-refractivity contribution in [2.75, 3.05) is 13.2 Å². The van der Waals surface area contributed by atoms with Gasteiger partial charge in [0.2, 0.25) is 5.91 Å². The van der Waals surface area contributed by atoms with E-state index in [9.17, 15) is 38.2 Å². The highest BCUT2D eigenvalue weighted by Crippen LogP contribution is 2.26. The van der Waals surface area contributed by atoms with Crippen molar-refractivity contribution in [2.24, 2.45) is 0 Å². The first-order valence-electron chi connectivity index (χ1n) is 23.6. The zero-order valence-electron chi connectivity index (χ0n) is 36.6. The predicted molar refractivity (Wildman–Crippen MR) is 232 cm³/mol. The number of hydrogen-bond donors (Lipinski definition) is 6. The lowest BCUT2D eigenvalue weighted by Crippen LogP contribution is -2.61. The Labute approximate surface area is 353 Å². The highest BCUT2D eigenvalue weighted by Gasteiger charge is 2.48. The molecule has 1 saturated heterocycles. The van der Waals surface area contributed by atoms with Gasteiger partial charge in [-0.05, 0) is 38.5 Å². The number of ether oxygens (including phenoxy) is 2. The van der Waals surface area contributed by atoms with Crippen LogP contribution in [0.4, 0.5) is 0 Å². The Morgan fingerprint density at radius 3 is 1.55 bits per heavy atom. The summed E-state index contributed by atoms with van der Waals surface area (Å²) in [7, 11) is -5.07. The van der Waals surface area contributed by atoms with Gasteiger partial charge in [-0.15, -0.1) is 0 Å². The third-order valence-electron chi connectivity index (χ3n) is 11.3. The number of rotatable bonds is 40. The van der Waals surface area contributed by atoms with E-state index in [1.165, 1.54) is 128 Å². The van der Waals surface area contributed by atoms with Gasteiger partial charge in [-0.1, -0.05) is 180 Å². The molecule has 0 aromatic heterocycles. The average molecular weight is 850 g/mol. The van der Waals surface area contributed by atoms with E-state index in [4.69, 9.17) is 9.47 Å². The van der Waals surface area contributed by atoms with Crippen LogP contribution >= 0.6 is 0 Å². The van der Waals surface area contributed by atoms with Crippen molar-refractivity contribution < 1.29 is 51.8 Å². The molecule has 0 aromatic rings. The van der Waals surface area contributed by atoms with E-state index in [0.29, 0.717) is 12.8 Å². The van der Waals surface area contributed by atoms with Gasteiger partial charge in [0.05, 0.1) is 25.4 Å². The number of hydrogen-bond acceptors (Lipinski definition) is 10. The molecule has 0 bridgehead atoms. The van der Waals surface area contributed by atoms with Gasteiger partial charge in [0.1, 0.15) is 24.4 Å². The molecule has 1 aliphatic heterocycles. The van der Waals surface area contributed by atoms with E-state index < -0.39 is 59.9 Å². The summed E-state index contributed by atoms with van der Waals surface area (Å²) in [6.45, 7) is 3.44. The SMILES string of the molecule is CCCCCCCCCC/C=C\CCCCCCCCCC(=O)NC(COC1OC(CO)C(O)C(OS(=O)(=O)O)C1O)C(O)CCCCCCCCCCCCCC. The van der Waals surface area contributed by atoms with Gasteiger partial charge in [-0.3, -0.25) is 9.35 Å². The largest absolute Gasteiger partial charge is 0.397 e. The minimum absolute atomic E-state index is 0.234. The maximum absolute atomic E-state index is 13.0. The van der Waals surface area contributed by atoms with Crippen molar-refractivity contribution in [3.05, 3.63) is 12.2 Å². The van der Waals surface area contributed by atoms with E-state index in [0.717, 1.165) is 51.4 Å². The van der Waals surface area contributed by atoms with E-state index in [2.05, 4.69) is 35.5 Å². The highest BCUT2D eigenvalue weighted by molar-refractivity contribution is 7.80. The Balaban J connectivity index is 2.46. The molecule has 7 atom stereocenters. The molecule has 1 aliphatic rings. The standard InChI is InChI=1S/C45H87NO11S/c1-3-5-7-9-11-13-15-17-18-19-20-21-22-23-25-27-29-31-33-35-41(49)46-38(39(48)34-32-30-28-26-24-16-14-12-10-8-6-4-2)37-55-45-43(51)44(57-58(52,53)54)42(50)40(36-47)56-45/h19-20,38-40,42-45,47-48,50-51H,3-18,21-37H2,1-2H3,(H,46,49)(H,52,53,54)/b20-19-. The van der Waals surface area contributed by atoms with E-state index in [-0.39, 0.29) is 18.9 Å². The minimum atomic E-state index is -5.07. The molecule has 0 saturated carbocycles. The summed E-state index contributed by atoms with van der Waals surface area (Å²) in [6.07, 6.45) is 30.7. The average Bonchev–Trinajstić information content (AvgIpc) is 3.19. The predicted octanol–water partition coefficient (Wildman–Crippen LogP) is 9.16. The smallest absolute Gasteiger partial charge is 0.394 e. The first kappa shape index (κ1) is 54.9. The molecule has 0 spiro atoms. The van der Waals surface area contributed by atoms with Gasteiger partial charge >= 0.3 is 10.4 Å². The lowest BCUT2D eigenvalue weighted by Gasteiger charge is -2.41. The van der Waals surface area contributed by atoms with Gasteiger partial charge in [-0.2, -0.15) is 8.42 Å². The normalized spacial score (nSPS) is 21.1. The highest BCUT2D eigenvalue weighted by atomic mass is 32.3. The summed E-state index contributed by atoms with van der Waals surface area (Å²) in [6, 6.07) is -0.856. The number of nitrogens with one attached hydrogen (secondary N) is 1. The zero-order chi connectivity index (χ0) is 42.7. The second-order valence-corrected chi connectivity index (χ2v) is 17.7. The molecule has 1 rings (SSSR count). The van der Waals surface area contributed by atoms with Crippen molar-refractivity contribution in [3.8, 4) is 0 Å². The summed E-state index contributed by atoms with van der Waals surface area (Å²) in [5.41, 5.74) is 0. The monoisotopic (exact) mass is 850 g/mol. The van der Waals surface area contributed by atoms with Crippen LogP contribution in [0.5, 0.6) is 0 Å². The van der Waals surface area contributed by atoms with Crippen LogP contribution in [0.3, 0.4) is 0 Å². The Morgan fingerprint density at radius 2 is 1.10 bits per heavy atom. The molecule has 12 nitrogen and oxygen atoms in total. The zero-order valence-corrected chi connectivity index (χ0v) is 37.4. The van der Waals surface area contributed by atoms with Crippen LogP contribution in [-0.2, 0) is 28.9 Å². The number of carbonyl (C=O) groups is 1. The van der Waals surface area contributed by atoms with Crippen LogP contribution in [0.25, 0.3) is 0 Å². The molecule has 344 valence electrons. The fraction of sp³-hybridized carbons (Fsp3) is 0.933. The molecule has 1 amide bonds. The molecular formula is C45H87NO11S. The molecule has 6 N–H and O–H groups in total. The minimum Gasteiger partial charge on any atom is -0.394 e. The third-order valence-corrected chi connectivity index (χ3v) is 11.8. The second-order valence-electron chi connectivity index (χ2n) is 16.7. The first-order chi connectivity index (χ1) is 28.0. The molecule has 0 aromatic carbocycles. The van der Waals surface area contributed by atoms with Crippen LogP contribution in [0.2, 0.25) is 0 Å². The molecule has 1 fully saturated rings. The maximum atomic E-state index is 13.0. The summed E-state index contributed by atoms with van der Waals surface area (Å²) in [4.78, 5) is 13.0. The Bertz CT molecular complexity index is 1090. The fourth-order valence-electron chi connectivity index (χ4n) is 7.63. The number of aliphatic hydroxyl groups excluding tert-OH is 4. The van der Waals surface area contributed by atoms with Gasteiger partial charge in [0.25, 0.3) is 0 Å². The summed E-state index contributed by atoms with van der Waals surface area (Å²) in [5.74, 6) is -0.234.